The number of nitrogens with zero attached hydrogens (tertiary/aromatic N) is 2. The van der Waals surface area contributed by atoms with Gasteiger partial charge in [0.05, 0.1) is 23.2 Å². The number of piperazine rings is 1. The van der Waals surface area contributed by atoms with Crippen LogP contribution >= 0.6 is 0 Å². The number of cyclic esters (lactones) is 2. The molecule has 0 spiro atoms. The molecule has 8 heteroatoms. The molecule has 0 bridgehead atoms. The van der Waals surface area contributed by atoms with Crippen LogP contribution in [0.5, 0.6) is 0 Å². The second kappa shape index (κ2) is 9.17. The molecule has 1 aromatic carbocycles. The topological polar surface area (TPSA) is 99.5 Å². The number of allylic oxidation sites excluding steroid dienone is 1. The highest BCUT2D eigenvalue weighted by molar-refractivity contribution is 5.93. The van der Waals surface area contributed by atoms with Gasteiger partial charge in [-0.15, -0.1) is 0 Å². The largest absolute Gasteiger partial charge is 0.460 e. The van der Waals surface area contributed by atoms with E-state index in [0.29, 0.717) is 31.7 Å². The van der Waals surface area contributed by atoms with E-state index in [0.717, 1.165) is 59.6 Å². The lowest BCUT2D eigenvalue weighted by atomic mass is 9.73. The van der Waals surface area contributed by atoms with Crippen molar-refractivity contribution in [3.8, 4) is 0 Å². The van der Waals surface area contributed by atoms with Gasteiger partial charge in [0.1, 0.15) is 13.2 Å². The molecular formula is C27H34N2O6. The summed E-state index contributed by atoms with van der Waals surface area (Å²) in [5.74, 6) is -0.469. The van der Waals surface area contributed by atoms with Crippen LogP contribution in [-0.2, 0) is 20.9 Å². The van der Waals surface area contributed by atoms with E-state index in [2.05, 4.69) is 9.80 Å². The van der Waals surface area contributed by atoms with Crippen molar-refractivity contribution >= 4 is 11.9 Å². The predicted octanol–water partition coefficient (Wildman–Crippen LogP) is 1.89. The summed E-state index contributed by atoms with van der Waals surface area (Å²) in [5, 5.41) is 21.9. The second-order valence-electron chi connectivity index (χ2n) is 10.6. The maximum absolute atomic E-state index is 12.2. The standard InChI is InChI=1S/C27H34N2O6/c1-16-8-22-18(14-34-25(22)32)9-20(16)23(30)12-28-4-6-29(7-5-28)13-24(31)21-10-19-15-35-26(33)27(19,3)11-17(21)2/h8-10,23-24,30-31H,4-7,11-15H2,1-3H3. The SMILES string of the molecule is CC1=C(C(O)CN2CCN(CC(O)c3cc4c(cc3C)C(=O)OC4)CC2)C=C2COC(=O)C2(C)C1. The molecule has 188 valence electrons. The Kier molecular flexibility index (Phi) is 6.34. The molecule has 3 aliphatic heterocycles. The van der Waals surface area contributed by atoms with E-state index in [-0.39, 0.29) is 18.5 Å². The van der Waals surface area contributed by atoms with Gasteiger partial charge in [0.25, 0.3) is 0 Å². The smallest absolute Gasteiger partial charge is 0.338 e. The van der Waals surface area contributed by atoms with Crippen molar-refractivity contribution in [2.45, 2.75) is 46.0 Å². The number of fused-ring (bicyclic) bond motifs is 2. The first-order valence-corrected chi connectivity index (χ1v) is 12.3. The van der Waals surface area contributed by atoms with Crippen LogP contribution in [0.4, 0.5) is 0 Å². The zero-order chi connectivity index (χ0) is 24.9. The highest BCUT2D eigenvalue weighted by atomic mass is 16.5. The minimum Gasteiger partial charge on any atom is -0.460 e. The Morgan fingerprint density at radius 1 is 0.971 bits per heavy atom. The fourth-order valence-corrected chi connectivity index (χ4v) is 5.81. The summed E-state index contributed by atoms with van der Waals surface area (Å²) in [6.07, 6.45) is 1.32. The molecule has 8 nitrogen and oxygen atoms in total. The number of β-amino-alcohol motifs (C(OH)–C–C–N with tert-alkyl or cyclic N) is 2. The Morgan fingerprint density at radius 2 is 1.63 bits per heavy atom. The highest BCUT2D eigenvalue weighted by Gasteiger charge is 2.47. The molecule has 3 unspecified atom stereocenters. The number of aryl methyl sites for hydroxylation is 1. The van der Waals surface area contributed by atoms with Crippen LogP contribution in [0.15, 0.2) is 34.9 Å². The molecule has 3 atom stereocenters. The summed E-state index contributed by atoms with van der Waals surface area (Å²) in [6, 6.07) is 3.71. The third kappa shape index (κ3) is 4.44. The fourth-order valence-electron chi connectivity index (χ4n) is 5.81. The van der Waals surface area contributed by atoms with Gasteiger partial charge < -0.3 is 19.7 Å². The molecule has 0 amide bonds. The van der Waals surface area contributed by atoms with Crippen LogP contribution in [0.2, 0.25) is 0 Å². The van der Waals surface area contributed by atoms with Gasteiger partial charge in [-0.05, 0) is 61.6 Å². The first-order chi connectivity index (χ1) is 16.7. The Morgan fingerprint density at radius 3 is 2.31 bits per heavy atom. The first-order valence-electron chi connectivity index (χ1n) is 12.3. The molecule has 1 aromatic rings. The van der Waals surface area contributed by atoms with Crippen molar-refractivity contribution < 1.29 is 29.3 Å². The van der Waals surface area contributed by atoms with Crippen LogP contribution in [0.1, 0.15) is 53.4 Å². The van der Waals surface area contributed by atoms with Crippen molar-refractivity contribution in [1.29, 1.82) is 0 Å². The Bertz CT molecular complexity index is 1120. The quantitative estimate of drug-likeness (QED) is 0.593. The lowest BCUT2D eigenvalue weighted by Crippen LogP contribution is -2.49. The maximum atomic E-state index is 12.2. The molecule has 2 N–H and O–H groups in total. The minimum absolute atomic E-state index is 0.174. The molecule has 3 heterocycles. The number of carbonyl (C=O) groups excluding carboxylic acids is 2. The Labute approximate surface area is 205 Å². The number of carbonyl (C=O) groups is 2. The molecule has 0 radical (unpaired) electrons. The molecule has 2 fully saturated rings. The van der Waals surface area contributed by atoms with E-state index in [1.54, 1.807) is 0 Å². The number of ether oxygens (including phenoxy) is 2. The lowest BCUT2D eigenvalue weighted by molar-refractivity contribution is -0.145. The van der Waals surface area contributed by atoms with E-state index >= 15 is 0 Å². The molecule has 1 aliphatic carbocycles. The Balaban J connectivity index is 1.15. The number of benzene rings is 1. The summed E-state index contributed by atoms with van der Waals surface area (Å²) in [6.45, 7) is 10.7. The van der Waals surface area contributed by atoms with Crippen LogP contribution in [0.25, 0.3) is 0 Å². The van der Waals surface area contributed by atoms with Crippen LogP contribution in [0.3, 0.4) is 0 Å². The number of rotatable bonds is 6. The summed E-state index contributed by atoms with van der Waals surface area (Å²) < 4.78 is 10.4. The monoisotopic (exact) mass is 482 g/mol. The van der Waals surface area contributed by atoms with E-state index in [4.69, 9.17) is 9.47 Å². The molecule has 0 saturated carbocycles. The van der Waals surface area contributed by atoms with E-state index in [1.807, 2.05) is 39.0 Å². The lowest BCUT2D eigenvalue weighted by Gasteiger charge is -2.37. The first kappa shape index (κ1) is 24.2. The predicted molar refractivity (Wildman–Crippen MR) is 129 cm³/mol. The minimum atomic E-state index is -0.638. The fraction of sp³-hybridized carbons (Fsp3) is 0.556. The van der Waals surface area contributed by atoms with Gasteiger partial charge in [0.15, 0.2) is 0 Å². The summed E-state index contributed by atoms with van der Waals surface area (Å²) in [7, 11) is 0. The van der Waals surface area contributed by atoms with Gasteiger partial charge in [0.2, 0.25) is 0 Å². The molecule has 0 aromatic heterocycles. The zero-order valence-electron chi connectivity index (χ0n) is 20.7. The summed E-state index contributed by atoms with van der Waals surface area (Å²) >= 11 is 0. The van der Waals surface area contributed by atoms with E-state index in [9.17, 15) is 19.8 Å². The van der Waals surface area contributed by atoms with Crippen molar-refractivity contribution in [3.05, 3.63) is 57.2 Å². The van der Waals surface area contributed by atoms with Gasteiger partial charge in [-0.25, -0.2) is 4.79 Å². The van der Waals surface area contributed by atoms with Gasteiger partial charge in [-0.2, -0.15) is 0 Å². The number of esters is 2. The normalized spacial score (nSPS) is 26.7. The number of hydrogen-bond donors (Lipinski definition) is 2. The van der Waals surface area contributed by atoms with Crippen LogP contribution < -0.4 is 0 Å². The number of aliphatic hydroxyl groups excluding tert-OH is 2. The number of aliphatic hydroxyl groups is 2. The molecule has 5 rings (SSSR count). The maximum Gasteiger partial charge on any atom is 0.338 e. The van der Waals surface area contributed by atoms with Crippen LogP contribution in [0, 0.1) is 12.3 Å². The average Bonchev–Trinajstić information content (AvgIpc) is 3.32. The third-order valence-corrected chi connectivity index (χ3v) is 8.08. The van der Waals surface area contributed by atoms with Crippen LogP contribution in [-0.4, -0.2) is 83.9 Å². The third-order valence-electron chi connectivity index (χ3n) is 8.08. The molecule has 35 heavy (non-hydrogen) atoms. The van der Waals surface area contributed by atoms with E-state index in [1.165, 1.54) is 0 Å². The van der Waals surface area contributed by atoms with Crippen molar-refractivity contribution in [2.24, 2.45) is 5.41 Å². The highest BCUT2D eigenvalue weighted by Crippen LogP contribution is 2.45. The average molecular weight is 483 g/mol. The van der Waals surface area contributed by atoms with Gasteiger partial charge in [-0.1, -0.05) is 11.6 Å². The molecule has 4 aliphatic rings. The Hall–Kier alpha value is -2.52. The van der Waals surface area contributed by atoms with Gasteiger partial charge >= 0.3 is 11.9 Å². The summed E-state index contributed by atoms with van der Waals surface area (Å²) in [4.78, 5) is 28.4. The number of hydrogen-bond acceptors (Lipinski definition) is 8. The van der Waals surface area contributed by atoms with Crippen molar-refractivity contribution in [3.63, 3.8) is 0 Å². The van der Waals surface area contributed by atoms with Crippen molar-refractivity contribution in [2.75, 3.05) is 45.9 Å². The molecular weight excluding hydrogens is 448 g/mol. The second-order valence-corrected chi connectivity index (χ2v) is 10.6. The van der Waals surface area contributed by atoms with Gasteiger partial charge in [0, 0.05) is 44.8 Å². The van der Waals surface area contributed by atoms with E-state index < -0.39 is 17.6 Å². The van der Waals surface area contributed by atoms with Crippen molar-refractivity contribution in [1.82, 2.24) is 9.80 Å². The molecule has 2 saturated heterocycles. The summed E-state index contributed by atoms with van der Waals surface area (Å²) in [5.41, 5.74) is 5.50. The van der Waals surface area contributed by atoms with Gasteiger partial charge in [-0.3, -0.25) is 14.6 Å². The zero-order valence-corrected chi connectivity index (χ0v) is 20.7.